The van der Waals surface area contributed by atoms with Crippen molar-refractivity contribution in [2.75, 3.05) is 0 Å². The molecular weight excluding hydrogens is 224 g/mol. The number of rotatable bonds is 2. The quantitative estimate of drug-likeness (QED) is 0.338. The van der Waals surface area contributed by atoms with Crippen LogP contribution in [0.3, 0.4) is 0 Å². The lowest BCUT2D eigenvalue weighted by atomic mass is 10.2. The van der Waals surface area contributed by atoms with Crippen molar-refractivity contribution >= 4 is 11.9 Å². The minimum absolute atomic E-state index is 0.189. The van der Waals surface area contributed by atoms with Crippen LogP contribution >= 0.6 is 0 Å². The summed E-state index contributed by atoms with van der Waals surface area (Å²) in [5, 5.41) is 11.7. The maximum atomic E-state index is 12.9. The maximum absolute atomic E-state index is 12.9. The molecule has 17 heavy (non-hydrogen) atoms. The van der Waals surface area contributed by atoms with Gasteiger partial charge in [0, 0.05) is 17.7 Å². The smallest absolute Gasteiger partial charge is 0.219 e. The standard InChI is InChI=1S/C13H9F2NO/c14-11-6-4-10(5-7-11)9-16(17)13-3-1-2-12(15)8-13/h1-9H/b16-9-. The third-order valence-corrected chi connectivity index (χ3v) is 2.20. The van der Waals surface area contributed by atoms with Crippen molar-refractivity contribution in [1.82, 2.24) is 0 Å². The van der Waals surface area contributed by atoms with E-state index in [4.69, 9.17) is 0 Å². The van der Waals surface area contributed by atoms with E-state index in [0.29, 0.717) is 10.3 Å². The molecule has 0 heterocycles. The Kier molecular flexibility index (Phi) is 3.14. The third-order valence-electron chi connectivity index (χ3n) is 2.20. The summed E-state index contributed by atoms with van der Waals surface area (Å²) in [5.74, 6) is -0.846. The molecule has 0 bridgehead atoms. The lowest BCUT2D eigenvalue weighted by Crippen LogP contribution is -1.99. The van der Waals surface area contributed by atoms with E-state index in [1.165, 1.54) is 48.7 Å². The van der Waals surface area contributed by atoms with E-state index in [0.717, 1.165) is 6.07 Å². The minimum Gasteiger partial charge on any atom is -0.618 e. The Balaban J connectivity index is 2.30. The zero-order valence-electron chi connectivity index (χ0n) is 8.81. The van der Waals surface area contributed by atoms with Gasteiger partial charge in [0.2, 0.25) is 5.69 Å². The zero-order chi connectivity index (χ0) is 12.3. The van der Waals surface area contributed by atoms with Crippen LogP contribution in [0.2, 0.25) is 0 Å². The molecule has 0 spiro atoms. The van der Waals surface area contributed by atoms with E-state index in [1.807, 2.05) is 0 Å². The Morgan fingerprint density at radius 2 is 1.65 bits per heavy atom. The fraction of sp³-hybridized carbons (Fsp3) is 0. The van der Waals surface area contributed by atoms with Crippen LogP contribution in [0.15, 0.2) is 48.5 Å². The molecule has 86 valence electrons. The van der Waals surface area contributed by atoms with Gasteiger partial charge in [-0.25, -0.2) is 8.78 Å². The predicted octanol–water partition coefficient (Wildman–Crippen LogP) is 3.23. The van der Waals surface area contributed by atoms with Gasteiger partial charge in [-0.3, -0.25) is 0 Å². The number of nitrogens with zero attached hydrogens (tertiary/aromatic N) is 1. The maximum Gasteiger partial charge on any atom is 0.219 e. The molecular formula is C13H9F2NO. The molecule has 0 aromatic heterocycles. The van der Waals surface area contributed by atoms with Gasteiger partial charge < -0.3 is 5.21 Å². The van der Waals surface area contributed by atoms with E-state index in [-0.39, 0.29) is 11.5 Å². The topological polar surface area (TPSA) is 26.1 Å². The van der Waals surface area contributed by atoms with Crippen LogP contribution in [0.5, 0.6) is 0 Å². The van der Waals surface area contributed by atoms with Gasteiger partial charge in [-0.2, -0.15) is 4.74 Å². The Bertz CT molecular complexity index is 550. The minimum atomic E-state index is -0.476. The molecule has 0 radical (unpaired) electrons. The summed E-state index contributed by atoms with van der Waals surface area (Å²) in [6.07, 6.45) is 1.26. The molecule has 0 fully saturated rings. The predicted molar refractivity (Wildman–Crippen MR) is 61.3 cm³/mol. The van der Waals surface area contributed by atoms with Crippen molar-refractivity contribution in [3.05, 3.63) is 70.9 Å². The van der Waals surface area contributed by atoms with Gasteiger partial charge in [0.1, 0.15) is 11.6 Å². The number of hydrogen-bond acceptors (Lipinski definition) is 1. The third kappa shape index (κ3) is 2.87. The molecule has 0 aliphatic carbocycles. The van der Waals surface area contributed by atoms with E-state index >= 15 is 0 Å². The first kappa shape index (κ1) is 11.3. The summed E-state index contributed by atoms with van der Waals surface area (Å²) in [7, 11) is 0. The van der Waals surface area contributed by atoms with Crippen molar-refractivity contribution < 1.29 is 13.5 Å². The second kappa shape index (κ2) is 4.74. The van der Waals surface area contributed by atoms with Crippen LogP contribution in [0.4, 0.5) is 14.5 Å². The Labute approximate surface area is 97.0 Å². The molecule has 4 heteroatoms. The second-order valence-electron chi connectivity index (χ2n) is 3.49. The largest absolute Gasteiger partial charge is 0.618 e. The molecule has 0 saturated carbocycles. The van der Waals surface area contributed by atoms with Crippen LogP contribution in [0.1, 0.15) is 5.56 Å². The molecule has 2 aromatic rings. The summed E-state index contributed by atoms with van der Waals surface area (Å²) in [6, 6.07) is 10.8. The molecule has 0 aliphatic heterocycles. The summed E-state index contributed by atoms with van der Waals surface area (Å²) in [6.45, 7) is 0. The molecule has 2 nitrogen and oxygen atoms in total. The van der Waals surface area contributed by atoms with Crippen LogP contribution < -0.4 is 0 Å². The monoisotopic (exact) mass is 233 g/mol. The van der Waals surface area contributed by atoms with Crippen molar-refractivity contribution in [1.29, 1.82) is 0 Å². The lowest BCUT2D eigenvalue weighted by molar-refractivity contribution is -0.354. The highest BCUT2D eigenvalue weighted by Gasteiger charge is 2.03. The van der Waals surface area contributed by atoms with E-state index in [9.17, 15) is 14.0 Å². The fourth-order valence-electron chi connectivity index (χ4n) is 1.37. The molecule has 0 saturated heterocycles. The van der Waals surface area contributed by atoms with Crippen LogP contribution in [0, 0.1) is 16.8 Å². The van der Waals surface area contributed by atoms with Crippen molar-refractivity contribution in [3.8, 4) is 0 Å². The lowest BCUT2D eigenvalue weighted by Gasteiger charge is -2.02. The molecule has 2 aromatic carbocycles. The highest BCUT2D eigenvalue weighted by Crippen LogP contribution is 2.12. The number of halogens is 2. The average Bonchev–Trinajstić information content (AvgIpc) is 2.32. The summed E-state index contributed by atoms with van der Waals surface area (Å²) in [4.78, 5) is 0. The summed E-state index contributed by atoms with van der Waals surface area (Å²) in [5.41, 5.74) is 0.736. The van der Waals surface area contributed by atoms with Gasteiger partial charge in [-0.05, 0) is 30.3 Å². The first-order valence-corrected chi connectivity index (χ1v) is 4.97. The SMILES string of the molecule is [O-]/[N+](=C\c1ccc(F)cc1)c1cccc(F)c1. The van der Waals surface area contributed by atoms with E-state index in [2.05, 4.69) is 0 Å². The molecule has 0 amide bonds. The molecule has 0 atom stereocenters. The van der Waals surface area contributed by atoms with Crippen LogP contribution in [-0.2, 0) is 0 Å². The van der Waals surface area contributed by atoms with Crippen LogP contribution in [0.25, 0.3) is 0 Å². The van der Waals surface area contributed by atoms with Crippen molar-refractivity contribution in [2.45, 2.75) is 0 Å². The first-order chi connectivity index (χ1) is 8.15. The summed E-state index contributed by atoms with van der Waals surface area (Å²) < 4.78 is 26.1. The van der Waals surface area contributed by atoms with Gasteiger partial charge in [0.15, 0.2) is 6.21 Å². The van der Waals surface area contributed by atoms with Crippen molar-refractivity contribution in [3.63, 3.8) is 0 Å². The Hall–Kier alpha value is -2.23. The average molecular weight is 233 g/mol. The number of hydrogen-bond donors (Lipinski definition) is 0. The molecule has 0 aliphatic rings. The molecule has 0 unspecified atom stereocenters. The van der Waals surface area contributed by atoms with Gasteiger partial charge in [-0.1, -0.05) is 6.07 Å². The van der Waals surface area contributed by atoms with Crippen molar-refractivity contribution in [2.24, 2.45) is 0 Å². The summed E-state index contributed by atoms with van der Waals surface area (Å²) >= 11 is 0. The van der Waals surface area contributed by atoms with Gasteiger partial charge in [-0.15, -0.1) is 0 Å². The molecule has 2 rings (SSSR count). The Morgan fingerprint density at radius 3 is 2.29 bits per heavy atom. The second-order valence-corrected chi connectivity index (χ2v) is 3.49. The zero-order valence-corrected chi connectivity index (χ0v) is 8.81. The van der Waals surface area contributed by atoms with Gasteiger partial charge in [0.05, 0.1) is 0 Å². The highest BCUT2D eigenvalue weighted by molar-refractivity contribution is 5.76. The van der Waals surface area contributed by atoms with E-state index < -0.39 is 5.82 Å². The first-order valence-electron chi connectivity index (χ1n) is 4.97. The van der Waals surface area contributed by atoms with Gasteiger partial charge >= 0.3 is 0 Å². The fourth-order valence-corrected chi connectivity index (χ4v) is 1.37. The number of benzene rings is 2. The normalized spacial score (nSPS) is 11.5. The highest BCUT2D eigenvalue weighted by atomic mass is 19.1. The van der Waals surface area contributed by atoms with E-state index in [1.54, 1.807) is 0 Å². The molecule has 0 N–H and O–H groups in total. The Morgan fingerprint density at radius 1 is 0.941 bits per heavy atom. The van der Waals surface area contributed by atoms with Crippen LogP contribution in [-0.4, -0.2) is 11.0 Å². The van der Waals surface area contributed by atoms with Gasteiger partial charge in [0.25, 0.3) is 0 Å².